The topological polar surface area (TPSA) is 63.2 Å². The summed E-state index contributed by atoms with van der Waals surface area (Å²) in [4.78, 5) is 11.2. The third-order valence-electron chi connectivity index (χ3n) is 2.63. The van der Waals surface area contributed by atoms with E-state index in [-0.39, 0.29) is 16.4 Å². The molecule has 0 aliphatic rings. The van der Waals surface area contributed by atoms with E-state index >= 15 is 0 Å². The number of hydrogen-bond donors (Lipinski definition) is 1. The first kappa shape index (κ1) is 14.2. The Morgan fingerprint density at radius 2 is 1.80 bits per heavy atom. The largest absolute Gasteiger partial charge is 0.295 e. The lowest BCUT2D eigenvalue weighted by molar-refractivity contribution is 0.101. The van der Waals surface area contributed by atoms with Gasteiger partial charge in [-0.25, -0.2) is 12.8 Å². The number of Topliss-reactive ketones (excluding diaryl/α,β-unsaturated/α-hetero) is 1. The minimum atomic E-state index is -3.85. The molecule has 0 amide bonds. The number of ketones is 1. The maximum absolute atomic E-state index is 13.0. The molecule has 0 saturated heterocycles. The summed E-state index contributed by atoms with van der Waals surface area (Å²) in [5.41, 5.74) is 0.422. The lowest BCUT2D eigenvalue weighted by Gasteiger charge is -2.08. The molecule has 0 unspecified atom stereocenters. The second-order valence-electron chi connectivity index (χ2n) is 4.20. The summed E-state index contributed by atoms with van der Waals surface area (Å²) in [6.07, 6.45) is 0. The first-order chi connectivity index (χ1) is 9.38. The zero-order valence-electron chi connectivity index (χ0n) is 10.6. The van der Waals surface area contributed by atoms with Crippen molar-refractivity contribution in [2.24, 2.45) is 0 Å². The van der Waals surface area contributed by atoms with Crippen molar-refractivity contribution in [3.05, 3.63) is 59.9 Å². The molecule has 0 saturated carbocycles. The summed E-state index contributed by atoms with van der Waals surface area (Å²) in [6, 6.07) is 10.8. The van der Waals surface area contributed by atoms with E-state index in [1.165, 1.54) is 49.4 Å². The van der Waals surface area contributed by atoms with E-state index in [1.54, 1.807) is 0 Å². The summed E-state index contributed by atoms with van der Waals surface area (Å²) < 4.78 is 39.6. The van der Waals surface area contributed by atoms with Gasteiger partial charge in [0.05, 0.1) is 10.6 Å². The smallest absolute Gasteiger partial charge is 0.261 e. The number of benzene rings is 2. The lowest BCUT2D eigenvalue weighted by Crippen LogP contribution is -2.13. The van der Waals surface area contributed by atoms with E-state index in [1.807, 2.05) is 0 Å². The molecule has 1 N–H and O–H groups in total. The highest BCUT2D eigenvalue weighted by atomic mass is 32.2. The molecule has 0 radical (unpaired) electrons. The van der Waals surface area contributed by atoms with Crippen LogP contribution in [0, 0.1) is 5.82 Å². The zero-order chi connectivity index (χ0) is 14.8. The minimum Gasteiger partial charge on any atom is -0.295 e. The van der Waals surface area contributed by atoms with Gasteiger partial charge in [0.15, 0.2) is 5.78 Å². The molecule has 2 rings (SSSR count). The molecule has 0 heterocycles. The van der Waals surface area contributed by atoms with Crippen LogP contribution < -0.4 is 4.72 Å². The molecule has 0 aliphatic heterocycles. The van der Waals surface area contributed by atoms with E-state index in [2.05, 4.69) is 4.72 Å². The van der Waals surface area contributed by atoms with Gasteiger partial charge in [0.2, 0.25) is 0 Å². The summed E-state index contributed by atoms with van der Waals surface area (Å²) in [7, 11) is -3.85. The Balaban J connectivity index is 2.35. The molecule has 0 aromatic heterocycles. The highest BCUT2D eigenvalue weighted by Gasteiger charge is 2.15. The van der Waals surface area contributed by atoms with Gasteiger partial charge >= 0.3 is 0 Å². The highest BCUT2D eigenvalue weighted by Crippen LogP contribution is 2.18. The van der Waals surface area contributed by atoms with E-state index < -0.39 is 15.8 Å². The molecule has 0 aliphatic carbocycles. The van der Waals surface area contributed by atoms with Crippen molar-refractivity contribution in [3.63, 3.8) is 0 Å². The van der Waals surface area contributed by atoms with Crippen molar-refractivity contribution in [2.75, 3.05) is 4.72 Å². The van der Waals surface area contributed by atoms with Crippen molar-refractivity contribution in [3.8, 4) is 0 Å². The molecule has 0 fully saturated rings. The van der Waals surface area contributed by atoms with Gasteiger partial charge in [0, 0.05) is 5.56 Å². The van der Waals surface area contributed by atoms with Crippen LogP contribution in [-0.2, 0) is 10.0 Å². The molecule has 6 heteroatoms. The van der Waals surface area contributed by atoms with Gasteiger partial charge in [0.25, 0.3) is 10.0 Å². The van der Waals surface area contributed by atoms with Crippen LogP contribution in [-0.4, -0.2) is 14.2 Å². The maximum atomic E-state index is 13.0. The normalized spacial score (nSPS) is 11.1. The van der Waals surface area contributed by atoms with Crippen LogP contribution in [0.4, 0.5) is 10.1 Å². The Morgan fingerprint density at radius 3 is 2.45 bits per heavy atom. The second kappa shape index (κ2) is 5.42. The van der Waals surface area contributed by atoms with Crippen molar-refractivity contribution in [2.45, 2.75) is 11.8 Å². The Morgan fingerprint density at radius 1 is 1.10 bits per heavy atom. The van der Waals surface area contributed by atoms with Gasteiger partial charge in [-0.05, 0) is 37.3 Å². The molecule has 0 bridgehead atoms. The van der Waals surface area contributed by atoms with Crippen molar-refractivity contribution in [1.82, 2.24) is 0 Å². The van der Waals surface area contributed by atoms with Crippen LogP contribution in [0.1, 0.15) is 17.3 Å². The summed E-state index contributed by atoms with van der Waals surface area (Å²) in [5.74, 6) is -0.768. The monoisotopic (exact) mass is 293 g/mol. The first-order valence-corrected chi connectivity index (χ1v) is 7.26. The molecule has 4 nitrogen and oxygen atoms in total. The number of carbonyl (C=O) groups is 1. The molecule has 20 heavy (non-hydrogen) atoms. The summed E-state index contributed by atoms with van der Waals surface area (Å²) in [6.45, 7) is 1.35. The molecule has 104 valence electrons. The van der Waals surface area contributed by atoms with Gasteiger partial charge in [0.1, 0.15) is 5.82 Å². The Hall–Kier alpha value is -2.21. The second-order valence-corrected chi connectivity index (χ2v) is 5.88. The predicted octanol–water partition coefficient (Wildman–Crippen LogP) is 2.83. The Bertz CT molecular complexity index is 757. The average molecular weight is 293 g/mol. The fourth-order valence-electron chi connectivity index (χ4n) is 1.65. The summed E-state index contributed by atoms with van der Waals surface area (Å²) in [5, 5.41) is 0. The fourth-order valence-corrected chi connectivity index (χ4v) is 2.74. The number of anilines is 1. The van der Waals surface area contributed by atoms with Crippen molar-refractivity contribution >= 4 is 21.5 Å². The summed E-state index contributed by atoms with van der Waals surface area (Å²) >= 11 is 0. The van der Waals surface area contributed by atoms with Crippen molar-refractivity contribution < 1.29 is 17.6 Å². The molecule has 0 spiro atoms. The van der Waals surface area contributed by atoms with Crippen LogP contribution in [0.2, 0.25) is 0 Å². The number of hydrogen-bond acceptors (Lipinski definition) is 3. The van der Waals surface area contributed by atoms with Crippen LogP contribution >= 0.6 is 0 Å². The van der Waals surface area contributed by atoms with Gasteiger partial charge in [-0.1, -0.05) is 18.2 Å². The predicted molar refractivity (Wildman–Crippen MR) is 73.7 cm³/mol. The van der Waals surface area contributed by atoms with Crippen LogP contribution in [0.3, 0.4) is 0 Å². The third-order valence-corrected chi connectivity index (χ3v) is 4.01. The van der Waals surface area contributed by atoms with E-state index in [0.29, 0.717) is 5.56 Å². The van der Waals surface area contributed by atoms with E-state index in [9.17, 15) is 17.6 Å². The maximum Gasteiger partial charge on any atom is 0.261 e. The first-order valence-electron chi connectivity index (χ1n) is 5.78. The average Bonchev–Trinajstić information content (AvgIpc) is 2.38. The standard InChI is InChI=1S/C14H12FNO3S/c1-10(17)11-4-2-7-14(8-11)20(18,19)16-13-6-3-5-12(15)9-13/h2-9,16H,1H3. The molecular formula is C14H12FNO3S. The van der Waals surface area contributed by atoms with E-state index in [0.717, 1.165) is 6.07 Å². The Kier molecular flexibility index (Phi) is 3.85. The Labute approximate surface area is 116 Å². The quantitative estimate of drug-likeness (QED) is 0.882. The van der Waals surface area contributed by atoms with Crippen LogP contribution in [0.5, 0.6) is 0 Å². The van der Waals surface area contributed by atoms with Crippen LogP contribution in [0.15, 0.2) is 53.4 Å². The number of rotatable bonds is 4. The van der Waals surface area contributed by atoms with E-state index in [4.69, 9.17) is 0 Å². The highest BCUT2D eigenvalue weighted by molar-refractivity contribution is 7.92. The number of nitrogens with one attached hydrogen (secondary N) is 1. The fraction of sp³-hybridized carbons (Fsp3) is 0.0714. The molecular weight excluding hydrogens is 281 g/mol. The molecule has 2 aromatic rings. The number of carbonyl (C=O) groups excluding carboxylic acids is 1. The third kappa shape index (κ3) is 3.21. The zero-order valence-corrected chi connectivity index (χ0v) is 11.4. The molecule has 2 aromatic carbocycles. The van der Waals surface area contributed by atoms with Crippen molar-refractivity contribution in [1.29, 1.82) is 0 Å². The number of halogens is 1. The van der Waals surface area contributed by atoms with Gasteiger partial charge in [-0.2, -0.15) is 0 Å². The van der Waals surface area contributed by atoms with Gasteiger partial charge < -0.3 is 0 Å². The van der Waals surface area contributed by atoms with Gasteiger partial charge in [-0.15, -0.1) is 0 Å². The van der Waals surface area contributed by atoms with Crippen LogP contribution in [0.25, 0.3) is 0 Å². The molecule has 0 atom stereocenters. The van der Waals surface area contributed by atoms with Gasteiger partial charge in [-0.3, -0.25) is 9.52 Å². The lowest BCUT2D eigenvalue weighted by atomic mass is 10.2. The SMILES string of the molecule is CC(=O)c1cccc(S(=O)(=O)Nc2cccc(F)c2)c1. The minimum absolute atomic E-state index is 0.0468. The number of sulfonamides is 1.